The highest BCUT2D eigenvalue weighted by Crippen LogP contribution is 2.23. The Morgan fingerprint density at radius 3 is 2.47 bits per heavy atom. The van der Waals surface area contributed by atoms with Crippen LogP contribution in [0.25, 0.3) is 0 Å². The van der Waals surface area contributed by atoms with E-state index < -0.39 is 12.1 Å². The molecule has 1 heterocycles. The minimum absolute atomic E-state index is 0.0463. The Labute approximate surface area is 178 Å². The van der Waals surface area contributed by atoms with Crippen molar-refractivity contribution in [2.45, 2.75) is 6.61 Å². The fourth-order valence-corrected chi connectivity index (χ4v) is 2.86. The predicted molar refractivity (Wildman–Crippen MR) is 112 cm³/mol. The quantitative estimate of drug-likeness (QED) is 0.563. The summed E-state index contributed by atoms with van der Waals surface area (Å²) in [6.45, 7) is 0.312. The third-order valence-corrected chi connectivity index (χ3v) is 4.38. The second-order valence-electron chi connectivity index (χ2n) is 6.19. The van der Waals surface area contributed by atoms with Gasteiger partial charge in [-0.1, -0.05) is 41.9 Å². The van der Waals surface area contributed by atoms with E-state index in [1.54, 1.807) is 24.5 Å². The van der Waals surface area contributed by atoms with Crippen LogP contribution >= 0.6 is 11.6 Å². The van der Waals surface area contributed by atoms with Crippen molar-refractivity contribution >= 4 is 29.4 Å². The van der Waals surface area contributed by atoms with Gasteiger partial charge in [-0.25, -0.2) is 9.59 Å². The van der Waals surface area contributed by atoms with E-state index in [-0.39, 0.29) is 31.1 Å². The van der Waals surface area contributed by atoms with E-state index in [9.17, 15) is 14.7 Å². The summed E-state index contributed by atoms with van der Waals surface area (Å²) in [5, 5.41) is 9.61. The molecule has 7 nitrogen and oxygen atoms in total. The average Bonchev–Trinajstić information content (AvgIpc) is 2.77. The fraction of sp³-hybridized carbons (Fsp3) is 0.136. The highest BCUT2D eigenvalue weighted by molar-refractivity contribution is 6.31. The zero-order chi connectivity index (χ0) is 21.3. The van der Waals surface area contributed by atoms with Crippen molar-refractivity contribution < 1.29 is 24.2 Å². The second-order valence-corrected chi connectivity index (χ2v) is 6.63. The number of halogens is 1. The van der Waals surface area contributed by atoms with Gasteiger partial charge in [0.25, 0.3) is 0 Å². The van der Waals surface area contributed by atoms with Crippen LogP contribution < -0.4 is 9.64 Å². The van der Waals surface area contributed by atoms with E-state index in [1.165, 1.54) is 23.1 Å². The number of amides is 1. The Hall–Kier alpha value is -3.58. The minimum atomic E-state index is -1.15. The van der Waals surface area contributed by atoms with Crippen molar-refractivity contribution in [2.75, 3.05) is 18.1 Å². The minimum Gasteiger partial charge on any atom is -0.491 e. The van der Waals surface area contributed by atoms with Gasteiger partial charge in [0.2, 0.25) is 0 Å². The molecule has 0 bridgehead atoms. The van der Waals surface area contributed by atoms with Gasteiger partial charge in [-0.05, 0) is 35.9 Å². The number of aromatic carboxylic acids is 1. The molecule has 0 radical (unpaired) electrons. The number of nitrogens with zero attached hydrogens (tertiary/aromatic N) is 2. The molecule has 8 heteroatoms. The molecular formula is C22H19ClN2O5. The maximum atomic E-state index is 12.7. The first-order valence-electron chi connectivity index (χ1n) is 9.08. The number of carboxylic acids is 1. The SMILES string of the molecule is O=C(O)c1cc(Cl)ccc1OCCN(C(=O)OCc1ccccc1)c1ccncc1. The summed E-state index contributed by atoms with van der Waals surface area (Å²) in [5.41, 5.74) is 1.40. The predicted octanol–water partition coefficient (Wildman–Crippen LogP) is 4.66. The third kappa shape index (κ3) is 5.71. The molecule has 0 aliphatic rings. The van der Waals surface area contributed by atoms with Gasteiger partial charge in [0.15, 0.2) is 0 Å². The number of anilines is 1. The molecule has 30 heavy (non-hydrogen) atoms. The van der Waals surface area contributed by atoms with Gasteiger partial charge >= 0.3 is 12.1 Å². The van der Waals surface area contributed by atoms with Crippen LogP contribution in [0.15, 0.2) is 73.1 Å². The Kier molecular flexibility index (Phi) is 7.24. The maximum absolute atomic E-state index is 12.7. The molecule has 154 valence electrons. The van der Waals surface area contributed by atoms with Gasteiger partial charge in [-0.3, -0.25) is 9.88 Å². The zero-order valence-electron chi connectivity index (χ0n) is 15.9. The maximum Gasteiger partial charge on any atom is 0.414 e. The van der Waals surface area contributed by atoms with Crippen molar-refractivity contribution in [1.29, 1.82) is 0 Å². The van der Waals surface area contributed by atoms with Crippen molar-refractivity contribution in [2.24, 2.45) is 0 Å². The smallest absolute Gasteiger partial charge is 0.414 e. The first-order chi connectivity index (χ1) is 14.5. The van der Waals surface area contributed by atoms with Crippen LogP contribution in [0.4, 0.5) is 10.5 Å². The lowest BCUT2D eigenvalue weighted by atomic mass is 10.2. The van der Waals surface area contributed by atoms with Crippen LogP contribution in [0.3, 0.4) is 0 Å². The summed E-state index contributed by atoms with van der Waals surface area (Å²) in [7, 11) is 0. The number of hydrogen-bond donors (Lipinski definition) is 1. The zero-order valence-corrected chi connectivity index (χ0v) is 16.7. The molecule has 0 fully saturated rings. The van der Waals surface area contributed by atoms with E-state index in [2.05, 4.69) is 4.98 Å². The highest BCUT2D eigenvalue weighted by Gasteiger charge is 2.19. The average molecular weight is 427 g/mol. The Morgan fingerprint density at radius 1 is 1.03 bits per heavy atom. The number of carbonyl (C=O) groups excluding carboxylic acids is 1. The summed E-state index contributed by atoms with van der Waals surface area (Å²) in [4.78, 5) is 29.4. The van der Waals surface area contributed by atoms with E-state index in [4.69, 9.17) is 21.1 Å². The van der Waals surface area contributed by atoms with Crippen molar-refractivity contribution in [3.63, 3.8) is 0 Å². The molecule has 1 aromatic heterocycles. The largest absolute Gasteiger partial charge is 0.491 e. The van der Waals surface area contributed by atoms with Crippen LogP contribution in [0, 0.1) is 0 Å². The number of carbonyl (C=O) groups is 2. The topological polar surface area (TPSA) is 89.0 Å². The van der Waals surface area contributed by atoms with Gasteiger partial charge in [0, 0.05) is 17.4 Å². The number of rotatable bonds is 8. The summed E-state index contributed by atoms with van der Waals surface area (Å²) >= 11 is 5.86. The highest BCUT2D eigenvalue weighted by atomic mass is 35.5. The Bertz CT molecular complexity index is 999. The van der Waals surface area contributed by atoms with Crippen molar-refractivity contribution in [3.05, 3.63) is 89.2 Å². The van der Waals surface area contributed by atoms with Gasteiger partial charge in [0.05, 0.1) is 12.2 Å². The Morgan fingerprint density at radius 2 is 1.77 bits per heavy atom. The van der Waals surface area contributed by atoms with E-state index >= 15 is 0 Å². The molecule has 1 amide bonds. The molecule has 3 aromatic rings. The molecule has 0 aliphatic heterocycles. The number of benzene rings is 2. The van der Waals surface area contributed by atoms with Crippen LogP contribution in [-0.4, -0.2) is 35.3 Å². The molecule has 3 rings (SSSR count). The van der Waals surface area contributed by atoms with Crippen molar-refractivity contribution in [3.8, 4) is 5.75 Å². The van der Waals surface area contributed by atoms with E-state index in [0.717, 1.165) is 5.56 Å². The molecular weight excluding hydrogens is 408 g/mol. The first kappa shape index (κ1) is 21.1. The number of hydrogen-bond acceptors (Lipinski definition) is 5. The summed E-state index contributed by atoms with van der Waals surface area (Å²) in [5.74, 6) is -0.986. The third-order valence-electron chi connectivity index (χ3n) is 4.14. The molecule has 0 atom stereocenters. The normalized spacial score (nSPS) is 10.3. The molecule has 2 aromatic carbocycles. The molecule has 0 unspecified atom stereocenters. The monoisotopic (exact) mass is 426 g/mol. The summed E-state index contributed by atoms with van der Waals surface area (Å²) < 4.78 is 11.0. The van der Waals surface area contributed by atoms with E-state index in [1.807, 2.05) is 30.3 Å². The van der Waals surface area contributed by atoms with Crippen LogP contribution in [0.5, 0.6) is 5.75 Å². The number of pyridine rings is 1. The summed E-state index contributed by atoms with van der Waals surface area (Å²) in [6, 6.07) is 17.0. The Balaban J connectivity index is 1.68. The summed E-state index contributed by atoms with van der Waals surface area (Å²) in [6.07, 6.45) is 2.58. The second kappa shape index (κ2) is 10.3. The lowest BCUT2D eigenvalue weighted by Gasteiger charge is -2.22. The molecule has 1 N–H and O–H groups in total. The lowest BCUT2D eigenvalue weighted by molar-refractivity contribution is 0.0692. The van der Waals surface area contributed by atoms with Crippen LogP contribution in [0.1, 0.15) is 15.9 Å². The first-order valence-corrected chi connectivity index (χ1v) is 9.46. The number of carboxylic acid groups (broad SMARTS) is 1. The van der Waals surface area contributed by atoms with Gasteiger partial charge in [0.1, 0.15) is 24.5 Å². The molecule has 0 saturated carbocycles. The van der Waals surface area contributed by atoms with Gasteiger partial charge in [-0.15, -0.1) is 0 Å². The van der Waals surface area contributed by atoms with Crippen LogP contribution in [-0.2, 0) is 11.3 Å². The number of aromatic nitrogens is 1. The van der Waals surface area contributed by atoms with Gasteiger partial charge < -0.3 is 14.6 Å². The van der Waals surface area contributed by atoms with Crippen LogP contribution in [0.2, 0.25) is 5.02 Å². The van der Waals surface area contributed by atoms with Crippen molar-refractivity contribution in [1.82, 2.24) is 4.98 Å². The fourth-order valence-electron chi connectivity index (χ4n) is 2.69. The lowest BCUT2D eigenvalue weighted by Crippen LogP contribution is -2.35. The standard InChI is InChI=1S/C22H19ClN2O5/c23-17-6-7-20(19(14-17)21(26)27)29-13-12-25(18-8-10-24-11-9-18)22(28)30-15-16-4-2-1-3-5-16/h1-11,14H,12-13,15H2,(H,26,27). The van der Waals surface area contributed by atoms with Gasteiger partial charge in [-0.2, -0.15) is 0 Å². The van der Waals surface area contributed by atoms with E-state index in [0.29, 0.717) is 10.7 Å². The molecule has 0 aliphatic carbocycles. The molecule has 0 saturated heterocycles. The molecule has 0 spiro atoms. The number of ether oxygens (including phenoxy) is 2.